The Morgan fingerprint density at radius 2 is 1.36 bits per heavy atom. The van der Waals surface area contributed by atoms with Gasteiger partial charge in [0.2, 0.25) is 5.91 Å². The maximum absolute atomic E-state index is 12.6. The standard InChI is InChI=1S/C33H59NO13/c1-3-5-7-8-9-10-11-12-13-15-16-22(37)21(34-25(38)17-14-6-4-2)20-44-32-30(43)28(41)31(24(19-36)46-32)47-33-29(42)27(40)26(39)23(18-35)45-33/h10-11,15-16,21-24,26-33,35-37,39-43H,3-9,12-14,17-20H2,1-2H3,(H,34,38)/b11-10+,16-15+. The van der Waals surface area contributed by atoms with E-state index in [1.165, 1.54) is 25.7 Å². The summed E-state index contributed by atoms with van der Waals surface area (Å²) >= 11 is 0. The molecule has 2 aliphatic rings. The average Bonchev–Trinajstić information content (AvgIpc) is 3.06. The van der Waals surface area contributed by atoms with Crippen molar-refractivity contribution in [2.75, 3.05) is 19.8 Å². The second-order valence-corrected chi connectivity index (χ2v) is 12.3. The number of hydrogen-bond donors (Lipinski definition) is 9. The summed E-state index contributed by atoms with van der Waals surface area (Å²) in [5, 5.41) is 85.2. The van der Waals surface area contributed by atoms with Gasteiger partial charge in [0.1, 0.15) is 48.8 Å². The molecule has 14 nitrogen and oxygen atoms in total. The summed E-state index contributed by atoms with van der Waals surface area (Å²) in [7, 11) is 0. The number of rotatable bonds is 22. The molecule has 0 aliphatic carbocycles. The molecule has 0 saturated carbocycles. The highest BCUT2D eigenvalue weighted by Crippen LogP contribution is 2.29. The molecule has 1 amide bonds. The van der Waals surface area contributed by atoms with Gasteiger partial charge < -0.3 is 65.1 Å². The molecule has 9 N–H and O–H groups in total. The molecule has 2 rings (SSSR count). The van der Waals surface area contributed by atoms with Crippen LogP contribution in [-0.2, 0) is 23.7 Å². The van der Waals surface area contributed by atoms with Crippen LogP contribution in [0.25, 0.3) is 0 Å². The van der Waals surface area contributed by atoms with Crippen molar-refractivity contribution in [1.82, 2.24) is 5.32 Å². The van der Waals surface area contributed by atoms with Gasteiger partial charge in [-0.1, -0.05) is 70.3 Å². The second kappa shape index (κ2) is 23.0. The predicted octanol–water partition coefficient (Wildman–Crippen LogP) is -0.0839. The number of amides is 1. The highest BCUT2D eigenvalue weighted by molar-refractivity contribution is 5.76. The van der Waals surface area contributed by atoms with Gasteiger partial charge in [-0.25, -0.2) is 0 Å². The minimum Gasteiger partial charge on any atom is -0.394 e. The van der Waals surface area contributed by atoms with Crippen LogP contribution in [0.1, 0.15) is 84.5 Å². The van der Waals surface area contributed by atoms with E-state index in [0.717, 1.165) is 25.7 Å². The monoisotopic (exact) mass is 677 g/mol. The zero-order chi connectivity index (χ0) is 34.8. The molecule has 12 unspecified atom stereocenters. The fourth-order valence-electron chi connectivity index (χ4n) is 5.42. The fourth-order valence-corrected chi connectivity index (χ4v) is 5.42. The third kappa shape index (κ3) is 13.7. The molecule has 2 fully saturated rings. The lowest BCUT2D eigenvalue weighted by Gasteiger charge is -2.46. The Bertz CT molecular complexity index is 904. The van der Waals surface area contributed by atoms with E-state index in [1.54, 1.807) is 6.08 Å². The molecule has 0 aromatic rings. The van der Waals surface area contributed by atoms with Crippen LogP contribution in [-0.4, -0.2) is 140 Å². The molecule has 0 aromatic heterocycles. The lowest BCUT2D eigenvalue weighted by atomic mass is 9.97. The van der Waals surface area contributed by atoms with Crippen LogP contribution < -0.4 is 5.32 Å². The number of unbranched alkanes of at least 4 members (excludes halogenated alkanes) is 7. The van der Waals surface area contributed by atoms with Crippen LogP contribution in [0.5, 0.6) is 0 Å². The van der Waals surface area contributed by atoms with Crippen molar-refractivity contribution in [1.29, 1.82) is 0 Å². The third-order valence-electron chi connectivity index (χ3n) is 8.39. The number of nitrogens with one attached hydrogen (secondary N) is 1. The van der Waals surface area contributed by atoms with Gasteiger partial charge in [-0.05, 0) is 32.1 Å². The Morgan fingerprint density at radius 1 is 0.745 bits per heavy atom. The predicted molar refractivity (Wildman–Crippen MR) is 171 cm³/mol. The van der Waals surface area contributed by atoms with Crippen LogP contribution in [0.3, 0.4) is 0 Å². The number of aliphatic hydroxyl groups excluding tert-OH is 8. The molecule has 0 radical (unpaired) electrons. The minimum absolute atomic E-state index is 0.259. The lowest BCUT2D eigenvalue weighted by Crippen LogP contribution is -2.65. The van der Waals surface area contributed by atoms with Gasteiger partial charge in [0.25, 0.3) is 0 Å². The first-order valence-electron chi connectivity index (χ1n) is 17.1. The number of aliphatic hydroxyl groups is 8. The lowest BCUT2D eigenvalue weighted by molar-refractivity contribution is -0.359. The van der Waals surface area contributed by atoms with E-state index in [0.29, 0.717) is 12.8 Å². The summed E-state index contributed by atoms with van der Waals surface area (Å²) in [5.74, 6) is -0.281. The van der Waals surface area contributed by atoms with Gasteiger partial charge in [0.05, 0.1) is 32.0 Å². The SMILES string of the molecule is CCCCCC/C=C/CC/C=C/C(O)C(COC1OC(CO)C(OC2OC(CO)C(O)C(O)C2O)C(O)C1O)NC(=O)CCCCC. The van der Waals surface area contributed by atoms with Crippen LogP contribution in [0, 0.1) is 0 Å². The van der Waals surface area contributed by atoms with Crippen LogP contribution in [0.2, 0.25) is 0 Å². The van der Waals surface area contributed by atoms with Crippen LogP contribution in [0.4, 0.5) is 0 Å². The Labute approximate surface area is 278 Å². The van der Waals surface area contributed by atoms with Crippen molar-refractivity contribution in [3.63, 3.8) is 0 Å². The Hall–Kier alpha value is -1.53. The smallest absolute Gasteiger partial charge is 0.220 e. The first-order valence-corrected chi connectivity index (χ1v) is 17.1. The van der Waals surface area contributed by atoms with Crippen molar-refractivity contribution in [3.05, 3.63) is 24.3 Å². The van der Waals surface area contributed by atoms with E-state index in [9.17, 15) is 45.6 Å². The fraction of sp³-hybridized carbons (Fsp3) is 0.848. The highest BCUT2D eigenvalue weighted by atomic mass is 16.7. The van der Waals surface area contributed by atoms with E-state index in [1.807, 2.05) is 13.0 Å². The molecule has 0 aromatic carbocycles. The Balaban J connectivity index is 2.01. The van der Waals surface area contributed by atoms with Gasteiger partial charge in [-0.3, -0.25) is 4.79 Å². The van der Waals surface area contributed by atoms with E-state index in [2.05, 4.69) is 24.4 Å². The van der Waals surface area contributed by atoms with Crippen molar-refractivity contribution < 1.29 is 64.6 Å². The number of carbonyl (C=O) groups is 1. The molecule has 274 valence electrons. The summed E-state index contributed by atoms with van der Waals surface area (Å²) in [5.41, 5.74) is 0. The Kier molecular flexibility index (Phi) is 20.4. The highest BCUT2D eigenvalue weighted by Gasteiger charge is 2.50. The number of carbonyl (C=O) groups excluding carboxylic acids is 1. The maximum Gasteiger partial charge on any atom is 0.220 e. The number of hydrogen-bond acceptors (Lipinski definition) is 13. The maximum atomic E-state index is 12.6. The third-order valence-corrected chi connectivity index (χ3v) is 8.39. The average molecular weight is 678 g/mol. The molecular formula is C33H59NO13. The van der Waals surface area contributed by atoms with Crippen LogP contribution >= 0.6 is 0 Å². The van der Waals surface area contributed by atoms with Crippen molar-refractivity contribution in [2.24, 2.45) is 0 Å². The Morgan fingerprint density at radius 3 is 2.04 bits per heavy atom. The van der Waals surface area contributed by atoms with E-state index < -0.39 is 86.8 Å². The normalized spacial score (nSPS) is 33.0. The van der Waals surface area contributed by atoms with Gasteiger partial charge in [0, 0.05) is 6.42 Å². The van der Waals surface area contributed by atoms with Crippen molar-refractivity contribution in [2.45, 2.75) is 158 Å². The number of allylic oxidation sites excluding steroid dienone is 3. The zero-order valence-corrected chi connectivity index (χ0v) is 27.8. The molecule has 12 atom stereocenters. The zero-order valence-electron chi connectivity index (χ0n) is 27.8. The van der Waals surface area contributed by atoms with Gasteiger partial charge >= 0.3 is 0 Å². The molecule has 47 heavy (non-hydrogen) atoms. The molecule has 2 saturated heterocycles. The number of ether oxygens (including phenoxy) is 4. The summed E-state index contributed by atoms with van der Waals surface area (Å²) in [6, 6.07) is -0.918. The topological polar surface area (TPSA) is 228 Å². The molecule has 2 aliphatic heterocycles. The van der Waals surface area contributed by atoms with Gasteiger partial charge in [-0.2, -0.15) is 0 Å². The molecule has 14 heteroatoms. The van der Waals surface area contributed by atoms with Crippen molar-refractivity contribution >= 4 is 5.91 Å². The summed E-state index contributed by atoms with van der Waals surface area (Å²) in [4.78, 5) is 12.6. The summed E-state index contributed by atoms with van der Waals surface area (Å²) in [6.07, 6.45) is 0.761. The first-order chi connectivity index (χ1) is 22.6. The molecule has 2 heterocycles. The van der Waals surface area contributed by atoms with E-state index >= 15 is 0 Å². The largest absolute Gasteiger partial charge is 0.394 e. The molecular weight excluding hydrogens is 618 g/mol. The quantitative estimate of drug-likeness (QED) is 0.0540. The van der Waals surface area contributed by atoms with Gasteiger partial charge in [0.15, 0.2) is 12.6 Å². The van der Waals surface area contributed by atoms with E-state index in [-0.39, 0.29) is 18.9 Å². The second-order valence-electron chi connectivity index (χ2n) is 12.3. The van der Waals surface area contributed by atoms with Crippen molar-refractivity contribution in [3.8, 4) is 0 Å². The van der Waals surface area contributed by atoms with E-state index in [4.69, 9.17) is 18.9 Å². The minimum atomic E-state index is -1.78. The summed E-state index contributed by atoms with van der Waals surface area (Å²) < 4.78 is 22.3. The first kappa shape index (κ1) is 41.6. The van der Waals surface area contributed by atoms with Crippen LogP contribution in [0.15, 0.2) is 24.3 Å². The molecule has 0 spiro atoms. The summed E-state index contributed by atoms with van der Waals surface area (Å²) in [6.45, 7) is 2.46. The van der Waals surface area contributed by atoms with Gasteiger partial charge in [-0.15, -0.1) is 0 Å². The molecule has 0 bridgehead atoms.